The van der Waals surface area contributed by atoms with E-state index in [9.17, 15) is 18.0 Å². The van der Waals surface area contributed by atoms with Crippen LogP contribution in [0.1, 0.15) is 18.1 Å². The minimum atomic E-state index is -4.21. The summed E-state index contributed by atoms with van der Waals surface area (Å²) in [5, 5.41) is 11.2. The van der Waals surface area contributed by atoms with Gasteiger partial charge in [0.2, 0.25) is 5.91 Å². The van der Waals surface area contributed by atoms with Crippen LogP contribution in [0.4, 0.5) is 0 Å². The lowest BCUT2D eigenvalue weighted by atomic mass is 10.2. The van der Waals surface area contributed by atoms with E-state index in [1.165, 1.54) is 31.2 Å². The lowest BCUT2D eigenvalue weighted by molar-refractivity contribution is -0.121. The summed E-state index contributed by atoms with van der Waals surface area (Å²) >= 11 is 0. The largest absolute Gasteiger partial charge is 0.322 e. The monoisotopic (exact) mass is 369 g/mol. The average molecular weight is 369 g/mol. The van der Waals surface area contributed by atoms with E-state index in [1.807, 2.05) is 10.8 Å². The Labute approximate surface area is 151 Å². The van der Waals surface area contributed by atoms with Crippen molar-refractivity contribution in [3.05, 3.63) is 71.4 Å². The zero-order chi connectivity index (χ0) is 19.2. The fraction of sp³-hybridized carbons (Fsp3) is 0.0556. The van der Waals surface area contributed by atoms with Crippen molar-refractivity contribution < 1.29 is 18.0 Å². The SMILES string of the molecule is CC(=O)NC(=Cc1ccccc1)C(=O)NS(=O)(=O)c1cccc(C#N)c1. The standard InChI is InChI=1S/C18H15N3O4S/c1-13(22)20-17(11-14-6-3-2-4-7-14)18(23)21-26(24,25)16-9-5-8-15(10-16)12-19/h2-11H,1H3,(H,20,22)(H,21,23). The molecular formula is C18H15N3O4S. The van der Waals surface area contributed by atoms with Crippen molar-refractivity contribution in [2.75, 3.05) is 0 Å². The predicted molar refractivity (Wildman–Crippen MR) is 94.7 cm³/mol. The number of carbonyl (C=O) groups excluding carboxylic acids is 2. The molecule has 0 aliphatic rings. The average Bonchev–Trinajstić information content (AvgIpc) is 2.61. The first kappa shape index (κ1) is 18.9. The van der Waals surface area contributed by atoms with Crippen LogP contribution in [0.2, 0.25) is 0 Å². The summed E-state index contributed by atoms with van der Waals surface area (Å²) in [5.74, 6) is -1.52. The summed E-state index contributed by atoms with van der Waals surface area (Å²) in [6.45, 7) is 1.21. The van der Waals surface area contributed by atoms with Crippen molar-refractivity contribution in [1.29, 1.82) is 5.26 Å². The molecule has 0 spiro atoms. The summed E-state index contributed by atoms with van der Waals surface area (Å²) in [5.41, 5.74) is 0.529. The maximum absolute atomic E-state index is 12.4. The van der Waals surface area contributed by atoms with Crippen LogP contribution < -0.4 is 10.0 Å². The maximum atomic E-state index is 12.4. The number of sulfonamides is 1. The van der Waals surface area contributed by atoms with Crippen molar-refractivity contribution in [1.82, 2.24) is 10.0 Å². The first-order valence-corrected chi connectivity index (χ1v) is 8.92. The van der Waals surface area contributed by atoms with E-state index >= 15 is 0 Å². The van der Waals surface area contributed by atoms with E-state index in [4.69, 9.17) is 5.26 Å². The third-order valence-electron chi connectivity index (χ3n) is 3.17. The second-order valence-corrected chi connectivity index (χ2v) is 6.91. The van der Waals surface area contributed by atoms with Crippen LogP contribution >= 0.6 is 0 Å². The van der Waals surface area contributed by atoms with Crippen LogP contribution in [-0.4, -0.2) is 20.2 Å². The van der Waals surface area contributed by atoms with E-state index in [1.54, 1.807) is 30.3 Å². The molecule has 7 nitrogen and oxygen atoms in total. The molecule has 2 N–H and O–H groups in total. The Morgan fingerprint density at radius 2 is 1.77 bits per heavy atom. The second kappa shape index (κ2) is 8.09. The molecule has 2 amide bonds. The van der Waals surface area contributed by atoms with Crippen molar-refractivity contribution >= 4 is 27.9 Å². The Hall–Kier alpha value is -3.44. The van der Waals surface area contributed by atoms with E-state index < -0.39 is 21.8 Å². The van der Waals surface area contributed by atoms with Crippen molar-refractivity contribution in [2.24, 2.45) is 0 Å². The van der Waals surface area contributed by atoms with Gasteiger partial charge >= 0.3 is 0 Å². The van der Waals surface area contributed by atoms with Gasteiger partial charge in [0, 0.05) is 6.92 Å². The molecule has 2 aromatic rings. The molecule has 132 valence electrons. The smallest absolute Gasteiger partial charge is 0.281 e. The molecule has 0 unspecified atom stereocenters. The second-order valence-electron chi connectivity index (χ2n) is 5.22. The fourth-order valence-electron chi connectivity index (χ4n) is 2.03. The van der Waals surface area contributed by atoms with Crippen LogP contribution in [0, 0.1) is 11.3 Å². The Bertz CT molecular complexity index is 1010. The highest BCUT2D eigenvalue weighted by Gasteiger charge is 2.21. The number of nitriles is 1. The van der Waals surface area contributed by atoms with Gasteiger partial charge in [-0.1, -0.05) is 36.4 Å². The number of hydrogen-bond acceptors (Lipinski definition) is 5. The minimum absolute atomic E-state index is 0.141. The molecule has 0 heterocycles. The summed E-state index contributed by atoms with van der Waals surface area (Å²) in [6, 6.07) is 15.7. The van der Waals surface area contributed by atoms with Gasteiger partial charge in [-0.25, -0.2) is 13.1 Å². The quantitative estimate of drug-likeness (QED) is 0.776. The Kier molecular flexibility index (Phi) is 5.88. The predicted octanol–water partition coefficient (Wildman–Crippen LogP) is 1.54. The molecule has 0 atom stereocenters. The number of carbonyl (C=O) groups is 2. The molecule has 0 aromatic heterocycles. The Balaban J connectivity index is 2.32. The highest BCUT2D eigenvalue weighted by molar-refractivity contribution is 7.90. The number of benzene rings is 2. The maximum Gasteiger partial charge on any atom is 0.281 e. The lowest BCUT2D eigenvalue weighted by Crippen LogP contribution is -2.37. The molecule has 26 heavy (non-hydrogen) atoms. The van der Waals surface area contributed by atoms with Gasteiger partial charge in [0.15, 0.2) is 0 Å². The van der Waals surface area contributed by atoms with Crippen molar-refractivity contribution in [2.45, 2.75) is 11.8 Å². The third kappa shape index (κ3) is 5.03. The number of amides is 2. The van der Waals surface area contributed by atoms with E-state index in [2.05, 4.69) is 5.32 Å². The minimum Gasteiger partial charge on any atom is -0.322 e. The first-order valence-electron chi connectivity index (χ1n) is 7.43. The van der Waals surface area contributed by atoms with Gasteiger partial charge in [0.1, 0.15) is 5.70 Å². The Morgan fingerprint density at radius 1 is 1.08 bits per heavy atom. The van der Waals surface area contributed by atoms with Gasteiger partial charge in [-0.2, -0.15) is 5.26 Å². The summed E-state index contributed by atoms with van der Waals surface area (Å²) in [7, 11) is -4.21. The molecule has 0 aliphatic carbocycles. The molecule has 2 rings (SSSR count). The van der Waals surface area contributed by atoms with Gasteiger partial charge < -0.3 is 5.32 Å². The summed E-state index contributed by atoms with van der Waals surface area (Å²) < 4.78 is 26.6. The number of nitrogens with zero attached hydrogens (tertiary/aromatic N) is 1. The molecule has 8 heteroatoms. The highest BCUT2D eigenvalue weighted by Crippen LogP contribution is 2.12. The van der Waals surface area contributed by atoms with Crippen LogP contribution in [0.3, 0.4) is 0 Å². The molecule has 0 saturated heterocycles. The van der Waals surface area contributed by atoms with E-state index in [0.29, 0.717) is 5.56 Å². The number of nitrogens with one attached hydrogen (secondary N) is 2. The fourth-order valence-corrected chi connectivity index (χ4v) is 3.04. The third-order valence-corrected chi connectivity index (χ3v) is 4.50. The lowest BCUT2D eigenvalue weighted by Gasteiger charge is -2.10. The van der Waals surface area contributed by atoms with E-state index in [0.717, 1.165) is 6.07 Å². The summed E-state index contributed by atoms with van der Waals surface area (Å²) in [4.78, 5) is 23.5. The molecule has 0 bridgehead atoms. The highest BCUT2D eigenvalue weighted by atomic mass is 32.2. The van der Waals surface area contributed by atoms with Crippen molar-refractivity contribution in [3.63, 3.8) is 0 Å². The molecule has 2 aromatic carbocycles. The van der Waals surface area contributed by atoms with Crippen molar-refractivity contribution in [3.8, 4) is 6.07 Å². The molecule has 0 aliphatic heterocycles. The van der Waals surface area contributed by atoms with Gasteiger partial charge in [-0.3, -0.25) is 9.59 Å². The Morgan fingerprint density at radius 3 is 2.38 bits per heavy atom. The van der Waals surface area contributed by atoms with E-state index in [-0.39, 0.29) is 16.2 Å². The summed E-state index contributed by atoms with van der Waals surface area (Å²) in [6.07, 6.45) is 1.36. The van der Waals surface area contributed by atoms with Crippen LogP contribution in [0.5, 0.6) is 0 Å². The topological polar surface area (TPSA) is 116 Å². The molecule has 0 radical (unpaired) electrons. The zero-order valence-electron chi connectivity index (χ0n) is 13.8. The molecular weight excluding hydrogens is 354 g/mol. The van der Waals surface area contributed by atoms with Crippen LogP contribution in [0.25, 0.3) is 6.08 Å². The first-order chi connectivity index (χ1) is 12.3. The van der Waals surface area contributed by atoms with Gasteiger partial charge in [0.25, 0.3) is 15.9 Å². The number of hydrogen-bond donors (Lipinski definition) is 2. The zero-order valence-corrected chi connectivity index (χ0v) is 14.6. The van der Waals surface area contributed by atoms with Gasteiger partial charge in [0.05, 0.1) is 16.5 Å². The van der Waals surface area contributed by atoms with Gasteiger partial charge in [-0.05, 0) is 29.8 Å². The number of rotatable bonds is 5. The van der Waals surface area contributed by atoms with Crippen LogP contribution in [-0.2, 0) is 19.6 Å². The van der Waals surface area contributed by atoms with Crippen LogP contribution in [0.15, 0.2) is 65.2 Å². The van der Waals surface area contributed by atoms with Gasteiger partial charge in [-0.15, -0.1) is 0 Å². The normalized spacial score (nSPS) is 11.3. The molecule has 0 saturated carbocycles. The molecule has 0 fully saturated rings.